The van der Waals surface area contributed by atoms with Crippen LogP contribution in [0.25, 0.3) is 21.3 Å². The average Bonchev–Trinajstić information content (AvgIpc) is 3.25. The summed E-state index contributed by atoms with van der Waals surface area (Å²) in [5.74, 6) is 0.383. The molecule has 0 saturated carbocycles. The minimum absolute atomic E-state index is 0.0744. The largest absolute Gasteiger partial charge is 0.416 e. The van der Waals surface area contributed by atoms with Gasteiger partial charge in [0.2, 0.25) is 5.95 Å². The molecule has 0 fully saturated rings. The van der Waals surface area contributed by atoms with Crippen LogP contribution >= 0.6 is 11.3 Å². The summed E-state index contributed by atoms with van der Waals surface area (Å²) >= 11 is 1.10. The zero-order chi connectivity index (χ0) is 22.3. The predicted molar refractivity (Wildman–Crippen MR) is 114 cm³/mol. The lowest BCUT2D eigenvalue weighted by molar-refractivity contribution is -0.137. The van der Waals surface area contributed by atoms with Crippen molar-refractivity contribution in [1.82, 2.24) is 14.5 Å². The van der Waals surface area contributed by atoms with Crippen LogP contribution in [0, 0.1) is 0 Å². The molecule has 0 saturated heterocycles. The minimum Gasteiger partial charge on any atom is -0.393 e. The van der Waals surface area contributed by atoms with Gasteiger partial charge in [-0.1, -0.05) is 11.3 Å². The first-order valence-corrected chi connectivity index (χ1v) is 10.4. The van der Waals surface area contributed by atoms with E-state index in [9.17, 15) is 23.1 Å². The van der Waals surface area contributed by atoms with Gasteiger partial charge >= 0.3 is 6.18 Å². The average molecular weight is 448 g/mol. The number of aryl methyl sites for hydroxylation is 1. The van der Waals surface area contributed by atoms with Gasteiger partial charge in [0, 0.05) is 19.0 Å². The van der Waals surface area contributed by atoms with Crippen molar-refractivity contribution in [1.29, 1.82) is 0 Å². The molecule has 162 valence electrons. The molecule has 0 unspecified atom stereocenters. The van der Waals surface area contributed by atoms with E-state index in [1.54, 1.807) is 36.7 Å². The number of benzene rings is 2. The van der Waals surface area contributed by atoms with Gasteiger partial charge < -0.3 is 15.0 Å². The number of aliphatic hydroxyl groups is 1. The van der Waals surface area contributed by atoms with Crippen LogP contribution in [0.2, 0.25) is 0 Å². The van der Waals surface area contributed by atoms with E-state index in [4.69, 9.17) is 0 Å². The second-order valence-corrected chi connectivity index (χ2v) is 8.36. The number of nitrogens with one attached hydrogen (secondary N) is 1. The summed E-state index contributed by atoms with van der Waals surface area (Å²) in [6, 6.07) is 8.64. The van der Waals surface area contributed by atoms with E-state index in [1.165, 1.54) is 6.07 Å². The van der Waals surface area contributed by atoms with Gasteiger partial charge in [0.15, 0.2) is 10.9 Å². The maximum Gasteiger partial charge on any atom is 0.416 e. The van der Waals surface area contributed by atoms with E-state index >= 15 is 0 Å². The van der Waals surface area contributed by atoms with Crippen LogP contribution in [-0.4, -0.2) is 31.5 Å². The Hall–Kier alpha value is -2.98. The Balaban J connectivity index is 1.61. The van der Waals surface area contributed by atoms with Crippen molar-refractivity contribution in [3.05, 3.63) is 47.5 Å². The van der Waals surface area contributed by atoms with Gasteiger partial charge in [-0.05, 0) is 49.7 Å². The number of anilines is 2. The fourth-order valence-electron chi connectivity index (χ4n) is 3.22. The lowest BCUT2D eigenvalue weighted by Gasteiger charge is -2.04. The lowest BCUT2D eigenvalue weighted by atomic mass is 10.0. The highest BCUT2D eigenvalue weighted by atomic mass is 32.1. The Morgan fingerprint density at radius 1 is 1.19 bits per heavy atom. The van der Waals surface area contributed by atoms with Crippen molar-refractivity contribution in [3.63, 3.8) is 0 Å². The number of carbonyl (C=O) groups excluding carboxylic acids is 1. The van der Waals surface area contributed by atoms with Gasteiger partial charge in [-0.15, -0.1) is 0 Å². The van der Waals surface area contributed by atoms with Crippen molar-refractivity contribution >= 4 is 49.4 Å². The molecule has 0 amide bonds. The Labute approximate surface area is 179 Å². The van der Waals surface area contributed by atoms with Gasteiger partial charge in [-0.3, -0.25) is 4.79 Å². The molecule has 2 aromatic carbocycles. The second-order valence-electron chi connectivity index (χ2n) is 7.33. The smallest absolute Gasteiger partial charge is 0.393 e. The molecule has 0 bridgehead atoms. The summed E-state index contributed by atoms with van der Waals surface area (Å²) in [5.41, 5.74) is 1.65. The van der Waals surface area contributed by atoms with Gasteiger partial charge in [0.05, 0.1) is 32.9 Å². The Morgan fingerprint density at radius 2 is 1.97 bits per heavy atom. The SMILES string of the molecule is C[C@@H](O)CCC(=O)c1ccc2c(c1)nc(Nc1nc3ccc(C(F)(F)F)cc3s1)n2C. The van der Waals surface area contributed by atoms with Crippen LogP contribution in [-0.2, 0) is 13.2 Å². The number of hydrogen-bond acceptors (Lipinski definition) is 6. The molecule has 0 radical (unpaired) electrons. The number of nitrogens with zero attached hydrogens (tertiary/aromatic N) is 3. The Bertz CT molecular complexity index is 1280. The zero-order valence-corrected chi connectivity index (χ0v) is 17.5. The molecular formula is C21H19F3N4O2S. The highest BCUT2D eigenvalue weighted by molar-refractivity contribution is 7.22. The van der Waals surface area contributed by atoms with Crippen molar-refractivity contribution < 1.29 is 23.1 Å². The molecule has 2 aromatic heterocycles. The normalized spacial score (nSPS) is 13.1. The minimum atomic E-state index is -4.41. The summed E-state index contributed by atoms with van der Waals surface area (Å²) < 4.78 is 41.0. The Kier molecular flexibility index (Phi) is 5.44. The standard InChI is InChI=1S/C21H19F3N4O2S/c1-11(29)3-8-17(30)12-4-7-16-15(9-12)25-19(28(16)2)27-20-26-14-6-5-13(21(22,23)24)10-18(14)31-20/h4-7,9-11,29H,3,8H2,1-2H3,(H,25,26,27)/t11-/m1/s1. The number of carbonyl (C=O) groups is 1. The Morgan fingerprint density at radius 3 is 2.68 bits per heavy atom. The number of hydrogen-bond donors (Lipinski definition) is 2. The molecule has 2 heterocycles. The molecule has 0 aliphatic carbocycles. The molecule has 10 heteroatoms. The maximum absolute atomic E-state index is 12.9. The number of imidazole rings is 1. The van der Waals surface area contributed by atoms with Gasteiger partial charge in [0.25, 0.3) is 0 Å². The molecule has 4 rings (SSSR count). The number of thiazole rings is 1. The fraction of sp³-hybridized carbons (Fsp3) is 0.286. The van der Waals surface area contributed by atoms with Crippen molar-refractivity contribution in [2.45, 2.75) is 32.0 Å². The number of halogens is 3. The molecule has 31 heavy (non-hydrogen) atoms. The van der Waals surface area contributed by atoms with E-state index in [-0.39, 0.29) is 12.2 Å². The first kappa shape index (κ1) is 21.3. The predicted octanol–water partition coefficient (Wildman–Crippen LogP) is 5.29. The van der Waals surface area contributed by atoms with Crippen LogP contribution in [0.15, 0.2) is 36.4 Å². The van der Waals surface area contributed by atoms with Crippen LogP contribution in [0.4, 0.5) is 24.3 Å². The molecule has 6 nitrogen and oxygen atoms in total. The van der Waals surface area contributed by atoms with Crippen molar-refractivity contribution in [2.24, 2.45) is 7.05 Å². The summed E-state index contributed by atoms with van der Waals surface area (Å²) in [6.45, 7) is 1.64. The van der Waals surface area contributed by atoms with Crippen LogP contribution in [0.3, 0.4) is 0 Å². The third-order valence-corrected chi connectivity index (χ3v) is 5.86. The van der Waals surface area contributed by atoms with Crippen molar-refractivity contribution in [3.8, 4) is 0 Å². The van der Waals surface area contributed by atoms with Crippen LogP contribution in [0.1, 0.15) is 35.7 Å². The number of ketones is 1. The number of rotatable bonds is 6. The highest BCUT2D eigenvalue weighted by Crippen LogP contribution is 2.35. The quantitative estimate of drug-likeness (QED) is 0.392. The van der Waals surface area contributed by atoms with Crippen LogP contribution < -0.4 is 5.32 Å². The maximum atomic E-state index is 12.9. The number of aromatic nitrogens is 3. The molecule has 2 N–H and O–H groups in total. The third kappa shape index (κ3) is 4.40. The van der Waals surface area contributed by atoms with E-state index in [0.717, 1.165) is 29.0 Å². The molecular weight excluding hydrogens is 429 g/mol. The van der Waals surface area contributed by atoms with E-state index in [2.05, 4.69) is 15.3 Å². The number of aliphatic hydroxyl groups excluding tert-OH is 1. The van der Waals surface area contributed by atoms with Crippen LogP contribution in [0.5, 0.6) is 0 Å². The van der Waals surface area contributed by atoms with Gasteiger partial charge in [0.1, 0.15) is 0 Å². The number of Topliss-reactive ketones (excluding diaryl/α,β-unsaturated/α-hetero) is 1. The second kappa shape index (κ2) is 7.93. The molecule has 1 atom stereocenters. The van der Waals surface area contributed by atoms with E-state index in [1.807, 2.05) is 0 Å². The topological polar surface area (TPSA) is 80.0 Å². The summed E-state index contributed by atoms with van der Waals surface area (Å²) in [6.07, 6.45) is -4.32. The van der Waals surface area contributed by atoms with Gasteiger partial charge in [-0.25, -0.2) is 9.97 Å². The first-order chi connectivity index (χ1) is 14.6. The highest BCUT2D eigenvalue weighted by Gasteiger charge is 2.30. The lowest BCUT2D eigenvalue weighted by Crippen LogP contribution is -2.05. The molecule has 4 aromatic rings. The number of fused-ring (bicyclic) bond motifs is 2. The molecule has 0 aliphatic rings. The van der Waals surface area contributed by atoms with E-state index in [0.29, 0.717) is 38.8 Å². The van der Waals surface area contributed by atoms with E-state index < -0.39 is 17.8 Å². The van der Waals surface area contributed by atoms with Crippen molar-refractivity contribution in [2.75, 3.05) is 5.32 Å². The fourth-order valence-corrected chi connectivity index (χ4v) is 4.12. The number of alkyl halides is 3. The summed E-state index contributed by atoms with van der Waals surface area (Å²) in [7, 11) is 1.79. The molecule has 0 aliphatic heterocycles. The van der Waals surface area contributed by atoms with Gasteiger partial charge in [-0.2, -0.15) is 13.2 Å². The monoisotopic (exact) mass is 448 g/mol. The third-order valence-electron chi connectivity index (χ3n) is 4.93. The zero-order valence-electron chi connectivity index (χ0n) is 16.7. The first-order valence-electron chi connectivity index (χ1n) is 9.54. The summed E-state index contributed by atoms with van der Waals surface area (Å²) in [4.78, 5) is 21.2. The molecule has 0 spiro atoms. The summed E-state index contributed by atoms with van der Waals surface area (Å²) in [5, 5.41) is 12.8.